The van der Waals surface area contributed by atoms with Crippen LogP contribution in [0.1, 0.15) is 40.5 Å². The van der Waals surface area contributed by atoms with Gasteiger partial charge < -0.3 is 0 Å². The molecule has 2 unspecified atom stereocenters. The van der Waals surface area contributed by atoms with E-state index < -0.39 is 18.1 Å². The fourth-order valence-corrected chi connectivity index (χ4v) is 3.93. The molecule has 0 saturated carbocycles. The van der Waals surface area contributed by atoms with Gasteiger partial charge in [-0.15, -0.1) is 0 Å². The molecule has 1 N–H and O–H groups in total. The van der Waals surface area contributed by atoms with Crippen molar-refractivity contribution in [1.29, 1.82) is 0 Å². The molecular weight excluding hydrogens is 377 g/mol. The second kappa shape index (κ2) is 6.40. The topological polar surface area (TPSA) is 105 Å². The van der Waals surface area contributed by atoms with Crippen LogP contribution in [-0.2, 0) is 9.59 Å². The largest absolute Gasteiger partial charge is 0.295 e. The minimum Gasteiger partial charge on any atom is -0.295 e. The van der Waals surface area contributed by atoms with Gasteiger partial charge in [-0.1, -0.05) is 12.1 Å². The first kappa shape index (κ1) is 17.4. The number of nitrogens with zero attached hydrogens (tertiary/aromatic N) is 4. The van der Waals surface area contributed by atoms with Crippen molar-refractivity contribution in [2.24, 2.45) is 0 Å². The molecule has 29 heavy (non-hydrogen) atoms. The average Bonchev–Trinajstić information content (AvgIpc) is 3.02. The number of anilines is 1. The van der Waals surface area contributed by atoms with Gasteiger partial charge in [-0.25, -0.2) is 19.3 Å². The summed E-state index contributed by atoms with van der Waals surface area (Å²) in [6.07, 6.45) is 4.30. The van der Waals surface area contributed by atoms with Crippen LogP contribution in [0.15, 0.2) is 43.1 Å². The zero-order valence-electron chi connectivity index (χ0n) is 15.0. The first-order chi connectivity index (χ1) is 14.1. The molecule has 0 radical (unpaired) electrons. The molecule has 2 atom stereocenters. The van der Waals surface area contributed by atoms with Crippen LogP contribution in [0, 0.1) is 0 Å². The normalized spacial score (nSPS) is 19.6. The second-order valence-electron chi connectivity index (χ2n) is 6.94. The third-order valence-corrected chi connectivity index (χ3v) is 5.27. The molecule has 2 aliphatic heterocycles. The summed E-state index contributed by atoms with van der Waals surface area (Å²) in [6, 6.07) is 4.18. The fourth-order valence-electron chi connectivity index (χ4n) is 3.93. The molecule has 4 heterocycles. The predicted octanol–water partition coefficient (Wildman–Crippen LogP) is 1.85. The number of amides is 3. The lowest BCUT2D eigenvalue weighted by atomic mass is 9.98. The number of rotatable bonds is 3. The van der Waals surface area contributed by atoms with E-state index in [-0.39, 0.29) is 30.2 Å². The first-order valence-electron chi connectivity index (χ1n) is 9.04. The number of aromatic nitrogens is 3. The summed E-state index contributed by atoms with van der Waals surface area (Å²) in [4.78, 5) is 50.2. The van der Waals surface area contributed by atoms with Gasteiger partial charge in [0.1, 0.15) is 18.2 Å². The molecule has 2 aliphatic rings. The van der Waals surface area contributed by atoms with Gasteiger partial charge in [0.15, 0.2) is 6.17 Å². The van der Waals surface area contributed by atoms with E-state index in [0.29, 0.717) is 27.7 Å². The fraction of sp³-hybridized carbons (Fsp3) is 0.200. The Balaban J connectivity index is 1.64. The molecule has 1 saturated heterocycles. The quantitative estimate of drug-likeness (QED) is 0.683. The lowest BCUT2D eigenvalue weighted by Crippen LogP contribution is -2.53. The summed E-state index contributed by atoms with van der Waals surface area (Å²) in [6.45, 7) is 0. The highest BCUT2D eigenvalue weighted by Gasteiger charge is 2.42. The van der Waals surface area contributed by atoms with Gasteiger partial charge in [-0.2, -0.15) is 0 Å². The SMILES string of the molecule is O=C1CCC(N2C(=O)c3cccc4c(C(F)c5cncnc5)cnc2c34)C(=O)N1. The third kappa shape index (κ3) is 2.58. The number of pyridine rings is 1. The molecule has 144 valence electrons. The molecule has 9 heteroatoms. The molecule has 5 rings (SSSR count). The third-order valence-electron chi connectivity index (χ3n) is 5.27. The summed E-state index contributed by atoms with van der Waals surface area (Å²) in [5.41, 5.74) is 0.924. The predicted molar refractivity (Wildman–Crippen MR) is 99.7 cm³/mol. The number of carbonyl (C=O) groups is 3. The minimum atomic E-state index is -1.52. The summed E-state index contributed by atoms with van der Waals surface area (Å²) >= 11 is 0. The van der Waals surface area contributed by atoms with Crippen molar-refractivity contribution in [2.45, 2.75) is 25.1 Å². The van der Waals surface area contributed by atoms with E-state index in [1.165, 1.54) is 29.8 Å². The number of hydrogen-bond acceptors (Lipinski definition) is 6. The monoisotopic (exact) mass is 391 g/mol. The van der Waals surface area contributed by atoms with E-state index in [4.69, 9.17) is 0 Å². The van der Waals surface area contributed by atoms with Gasteiger partial charge >= 0.3 is 0 Å². The number of carbonyl (C=O) groups excluding carboxylic acids is 3. The van der Waals surface area contributed by atoms with Crippen molar-refractivity contribution in [2.75, 3.05) is 4.90 Å². The van der Waals surface area contributed by atoms with Crippen LogP contribution in [0.3, 0.4) is 0 Å². The van der Waals surface area contributed by atoms with Crippen LogP contribution in [-0.4, -0.2) is 38.7 Å². The molecule has 1 aromatic carbocycles. The van der Waals surface area contributed by atoms with E-state index in [1.807, 2.05) is 0 Å². The highest BCUT2D eigenvalue weighted by atomic mass is 19.1. The van der Waals surface area contributed by atoms with Crippen LogP contribution in [0.2, 0.25) is 0 Å². The maximum absolute atomic E-state index is 15.2. The highest BCUT2D eigenvalue weighted by Crippen LogP contribution is 2.41. The van der Waals surface area contributed by atoms with Crippen molar-refractivity contribution in [3.63, 3.8) is 0 Å². The number of halogens is 1. The molecule has 2 aromatic heterocycles. The van der Waals surface area contributed by atoms with E-state index in [1.54, 1.807) is 18.2 Å². The Labute approximate surface area is 163 Å². The molecule has 0 aliphatic carbocycles. The van der Waals surface area contributed by atoms with Crippen molar-refractivity contribution in [3.05, 3.63) is 59.8 Å². The number of piperidine rings is 1. The van der Waals surface area contributed by atoms with E-state index in [2.05, 4.69) is 20.3 Å². The van der Waals surface area contributed by atoms with Crippen molar-refractivity contribution in [1.82, 2.24) is 20.3 Å². The molecular formula is C20H14FN5O3. The number of alkyl halides is 1. The van der Waals surface area contributed by atoms with Crippen molar-refractivity contribution in [3.8, 4) is 0 Å². The van der Waals surface area contributed by atoms with Gasteiger partial charge in [-0.05, 0) is 17.9 Å². The Morgan fingerprint density at radius 1 is 1.14 bits per heavy atom. The summed E-state index contributed by atoms with van der Waals surface area (Å²) in [5, 5.41) is 3.30. The van der Waals surface area contributed by atoms with E-state index in [9.17, 15) is 14.4 Å². The van der Waals surface area contributed by atoms with Crippen molar-refractivity contribution < 1.29 is 18.8 Å². The van der Waals surface area contributed by atoms with E-state index >= 15 is 4.39 Å². The Morgan fingerprint density at radius 3 is 2.69 bits per heavy atom. The molecule has 8 nitrogen and oxygen atoms in total. The van der Waals surface area contributed by atoms with Crippen molar-refractivity contribution >= 4 is 34.3 Å². The summed E-state index contributed by atoms with van der Waals surface area (Å²) < 4.78 is 15.2. The Hall–Kier alpha value is -3.75. The molecule has 3 amide bonds. The summed E-state index contributed by atoms with van der Waals surface area (Å²) in [7, 11) is 0. The van der Waals surface area contributed by atoms with Gasteiger partial charge in [0.05, 0.1) is 5.56 Å². The van der Waals surface area contributed by atoms with Gasteiger partial charge in [0.25, 0.3) is 5.91 Å². The molecule has 0 bridgehead atoms. The lowest BCUT2D eigenvalue weighted by Gasteiger charge is -2.29. The number of imide groups is 1. The van der Waals surface area contributed by atoms with Crippen LogP contribution < -0.4 is 10.2 Å². The standard InChI is InChI=1S/C20H14FN5O3/c21-17(10-6-22-9-23-7-10)13-8-24-18-16-11(13)2-1-3-12(16)20(29)26(18)14-4-5-15(27)25-19(14)28/h1-3,6-9,14,17H,4-5H2,(H,25,27,28). The number of hydrogen-bond donors (Lipinski definition) is 1. The Kier molecular flexibility index (Phi) is 3.83. The number of nitrogens with one attached hydrogen (secondary N) is 1. The van der Waals surface area contributed by atoms with Crippen LogP contribution in [0.5, 0.6) is 0 Å². The maximum atomic E-state index is 15.2. The number of benzene rings is 1. The molecule has 1 fully saturated rings. The molecule has 3 aromatic rings. The van der Waals surface area contributed by atoms with Crippen LogP contribution in [0.25, 0.3) is 10.8 Å². The highest BCUT2D eigenvalue weighted by molar-refractivity contribution is 6.26. The van der Waals surface area contributed by atoms with Gasteiger partial charge in [0, 0.05) is 41.5 Å². The summed E-state index contributed by atoms with van der Waals surface area (Å²) in [5.74, 6) is -0.987. The van der Waals surface area contributed by atoms with Gasteiger partial charge in [-0.3, -0.25) is 24.6 Å². The Morgan fingerprint density at radius 2 is 1.93 bits per heavy atom. The Bertz CT molecular complexity index is 1180. The second-order valence-corrected chi connectivity index (χ2v) is 6.94. The average molecular weight is 391 g/mol. The van der Waals surface area contributed by atoms with Crippen LogP contribution >= 0.6 is 0 Å². The first-order valence-corrected chi connectivity index (χ1v) is 9.04. The van der Waals surface area contributed by atoms with E-state index in [0.717, 1.165) is 0 Å². The maximum Gasteiger partial charge on any atom is 0.260 e. The zero-order valence-corrected chi connectivity index (χ0v) is 15.0. The molecule has 0 spiro atoms. The zero-order chi connectivity index (χ0) is 20.1. The lowest BCUT2D eigenvalue weighted by molar-refractivity contribution is -0.134. The van der Waals surface area contributed by atoms with Gasteiger partial charge in [0.2, 0.25) is 11.8 Å². The smallest absolute Gasteiger partial charge is 0.260 e. The van der Waals surface area contributed by atoms with Crippen LogP contribution in [0.4, 0.5) is 10.2 Å². The minimum absolute atomic E-state index is 0.137.